The standard InChI is InChI=1S/C18H15N/c1-2-4-13(5-3-1)17-11-18(17)15-6-7-16-12-19-9-8-14(16)10-15/h1-10,12,17-18H,11H2. The SMILES string of the molecule is c1ccc(C2CC2c2ccc3cnccc3c2)cc1. The van der Waals surface area contributed by atoms with Gasteiger partial charge in [0.2, 0.25) is 0 Å². The number of nitrogens with zero attached hydrogens (tertiary/aromatic N) is 1. The van der Waals surface area contributed by atoms with Gasteiger partial charge in [0, 0.05) is 17.8 Å². The molecule has 19 heavy (non-hydrogen) atoms. The molecule has 1 heteroatoms. The minimum absolute atomic E-state index is 0.694. The summed E-state index contributed by atoms with van der Waals surface area (Å²) in [5.41, 5.74) is 2.94. The molecule has 0 bridgehead atoms. The molecule has 1 aliphatic rings. The van der Waals surface area contributed by atoms with E-state index in [1.54, 1.807) is 0 Å². The molecule has 0 N–H and O–H groups in total. The molecule has 2 unspecified atom stereocenters. The summed E-state index contributed by atoms with van der Waals surface area (Å²) < 4.78 is 0. The minimum atomic E-state index is 0.694. The first-order valence-corrected chi connectivity index (χ1v) is 6.80. The predicted octanol–water partition coefficient (Wildman–Crippen LogP) is 4.51. The van der Waals surface area contributed by atoms with Crippen LogP contribution in [0.3, 0.4) is 0 Å². The highest BCUT2D eigenvalue weighted by molar-refractivity contribution is 5.82. The van der Waals surface area contributed by atoms with Gasteiger partial charge in [-0.2, -0.15) is 0 Å². The average molecular weight is 245 g/mol. The molecule has 0 aliphatic heterocycles. The van der Waals surface area contributed by atoms with E-state index in [-0.39, 0.29) is 0 Å². The lowest BCUT2D eigenvalue weighted by atomic mass is 10.0. The van der Waals surface area contributed by atoms with Gasteiger partial charge in [-0.05, 0) is 40.8 Å². The van der Waals surface area contributed by atoms with Gasteiger partial charge in [0.1, 0.15) is 0 Å². The van der Waals surface area contributed by atoms with Crippen LogP contribution >= 0.6 is 0 Å². The van der Waals surface area contributed by atoms with E-state index in [1.165, 1.54) is 28.3 Å². The number of hydrogen-bond donors (Lipinski definition) is 0. The number of hydrogen-bond acceptors (Lipinski definition) is 1. The van der Waals surface area contributed by atoms with Crippen LogP contribution in [0.5, 0.6) is 0 Å². The van der Waals surface area contributed by atoms with E-state index in [4.69, 9.17) is 0 Å². The van der Waals surface area contributed by atoms with Crippen LogP contribution < -0.4 is 0 Å². The van der Waals surface area contributed by atoms with Crippen molar-refractivity contribution >= 4 is 10.8 Å². The summed E-state index contributed by atoms with van der Waals surface area (Å²) in [7, 11) is 0. The third-order valence-corrected chi connectivity index (χ3v) is 4.11. The fourth-order valence-electron chi connectivity index (χ4n) is 2.96. The Balaban J connectivity index is 1.66. The van der Waals surface area contributed by atoms with E-state index < -0.39 is 0 Å². The quantitative estimate of drug-likeness (QED) is 0.647. The molecule has 92 valence electrons. The highest BCUT2D eigenvalue weighted by Gasteiger charge is 2.39. The zero-order chi connectivity index (χ0) is 12.7. The van der Waals surface area contributed by atoms with Crippen LogP contribution in [0.2, 0.25) is 0 Å². The lowest BCUT2D eigenvalue weighted by molar-refractivity contribution is 1.03. The second-order valence-corrected chi connectivity index (χ2v) is 5.34. The molecule has 4 rings (SSSR count). The molecule has 1 saturated carbocycles. The lowest BCUT2D eigenvalue weighted by Crippen LogP contribution is -1.85. The van der Waals surface area contributed by atoms with Crippen molar-refractivity contribution < 1.29 is 0 Å². The Hall–Kier alpha value is -2.15. The van der Waals surface area contributed by atoms with Crippen LogP contribution in [-0.2, 0) is 0 Å². The normalized spacial score (nSPS) is 21.5. The van der Waals surface area contributed by atoms with Gasteiger partial charge in [-0.15, -0.1) is 0 Å². The van der Waals surface area contributed by atoms with Crippen molar-refractivity contribution in [2.24, 2.45) is 0 Å². The van der Waals surface area contributed by atoms with Crippen LogP contribution in [0.1, 0.15) is 29.4 Å². The Morgan fingerprint density at radius 3 is 2.53 bits per heavy atom. The average Bonchev–Trinajstić information content (AvgIpc) is 3.28. The Kier molecular flexibility index (Phi) is 2.37. The number of benzene rings is 2. The second kappa shape index (κ2) is 4.20. The Morgan fingerprint density at radius 2 is 1.63 bits per heavy atom. The number of pyridine rings is 1. The first-order chi connectivity index (χ1) is 9.42. The van der Waals surface area contributed by atoms with E-state index in [2.05, 4.69) is 59.6 Å². The molecule has 2 atom stereocenters. The van der Waals surface area contributed by atoms with Gasteiger partial charge in [0.15, 0.2) is 0 Å². The summed E-state index contributed by atoms with van der Waals surface area (Å²) >= 11 is 0. The van der Waals surface area contributed by atoms with Crippen molar-refractivity contribution in [3.05, 3.63) is 78.1 Å². The van der Waals surface area contributed by atoms with Gasteiger partial charge in [0.05, 0.1) is 0 Å². The molecule has 2 aromatic carbocycles. The number of aromatic nitrogens is 1. The summed E-state index contributed by atoms with van der Waals surface area (Å²) in [6.07, 6.45) is 5.08. The maximum Gasteiger partial charge on any atom is 0.0346 e. The molecular weight excluding hydrogens is 230 g/mol. The van der Waals surface area contributed by atoms with E-state index in [0.29, 0.717) is 11.8 Å². The van der Waals surface area contributed by atoms with E-state index in [1.807, 2.05) is 12.4 Å². The zero-order valence-corrected chi connectivity index (χ0v) is 10.7. The summed E-state index contributed by atoms with van der Waals surface area (Å²) in [5, 5.41) is 2.52. The molecule has 1 heterocycles. The van der Waals surface area contributed by atoms with Gasteiger partial charge >= 0.3 is 0 Å². The van der Waals surface area contributed by atoms with Crippen LogP contribution in [0, 0.1) is 0 Å². The summed E-state index contributed by atoms with van der Waals surface area (Å²) in [6, 6.07) is 19.7. The van der Waals surface area contributed by atoms with Gasteiger partial charge < -0.3 is 0 Å². The third kappa shape index (κ3) is 1.91. The molecule has 1 aliphatic carbocycles. The Bertz CT molecular complexity index is 718. The maximum atomic E-state index is 4.17. The highest BCUT2D eigenvalue weighted by atomic mass is 14.6. The predicted molar refractivity (Wildman–Crippen MR) is 78.3 cm³/mol. The second-order valence-electron chi connectivity index (χ2n) is 5.34. The first-order valence-electron chi connectivity index (χ1n) is 6.80. The zero-order valence-electron chi connectivity index (χ0n) is 10.7. The van der Waals surface area contributed by atoms with E-state index in [0.717, 1.165) is 0 Å². The monoisotopic (exact) mass is 245 g/mol. The molecule has 1 aromatic heterocycles. The van der Waals surface area contributed by atoms with Gasteiger partial charge in [0.25, 0.3) is 0 Å². The van der Waals surface area contributed by atoms with Crippen LogP contribution in [0.15, 0.2) is 67.0 Å². The molecule has 0 amide bonds. The van der Waals surface area contributed by atoms with E-state index in [9.17, 15) is 0 Å². The molecular formula is C18H15N. The Labute approximate surface area is 112 Å². The van der Waals surface area contributed by atoms with Crippen molar-refractivity contribution in [1.29, 1.82) is 0 Å². The number of rotatable bonds is 2. The summed E-state index contributed by atoms with van der Waals surface area (Å²) in [4.78, 5) is 4.17. The maximum absolute atomic E-state index is 4.17. The fourth-order valence-corrected chi connectivity index (χ4v) is 2.96. The third-order valence-electron chi connectivity index (χ3n) is 4.11. The number of fused-ring (bicyclic) bond motifs is 1. The molecule has 0 saturated heterocycles. The van der Waals surface area contributed by atoms with Crippen molar-refractivity contribution in [3.8, 4) is 0 Å². The van der Waals surface area contributed by atoms with Gasteiger partial charge in [-0.25, -0.2) is 0 Å². The molecule has 0 radical (unpaired) electrons. The minimum Gasteiger partial charge on any atom is -0.264 e. The van der Waals surface area contributed by atoms with E-state index >= 15 is 0 Å². The highest BCUT2D eigenvalue weighted by Crippen LogP contribution is 2.54. The van der Waals surface area contributed by atoms with Crippen LogP contribution in [0.4, 0.5) is 0 Å². The van der Waals surface area contributed by atoms with Crippen molar-refractivity contribution in [3.63, 3.8) is 0 Å². The largest absolute Gasteiger partial charge is 0.264 e. The molecule has 3 aromatic rings. The Morgan fingerprint density at radius 1 is 0.789 bits per heavy atom. The lowest BCUT2D eigenvalue weighted by Gasteiger charge is -2.03. The topological polar surface area (TPSA) is 12.9 Å². The molecule has 1 nitrogen and oxygen atoms in total. The van der Waals surface area contributed by atoms with Crippen molar-refractivity contribution in [1.82, 2.24) is 4.98 Å². The van der Waals surface area contributed by atoms with Gasteiger partial charge in [-0.3, -0.25) is 4.98 Å². The van der Waals surface area contributed by atoms with Crippen LogP contribution in [-0.4, -0.2) is 4.98 Å². The summed E-state index contributed by atoms with van der Waals surface area (Å²) in [5.74, 6) is 1.40. The van der Waals surface area contributed by atoms with Crippen molar-refractivity contribution in [2.75, 3.05) is 0 Å². The van der Waals surface area contributed by atoms with Crippen LogP contribution in [0.25, 0.3) is 10.8 Å². The smallest absolute Gasteiger partial charge is 0.0346 e. The van der Waals surface area contributed by atoms with Crippen molar-refractivity contribution in [2.45, 2.75) is 18.3 Å². The molecule has 0 spiro atoms. The first kappa shape index (κ1) is 10.7. The summed E-state index contributed by atoms with van der Waals surface area (Å²) in [6.45, 7) is 0. The fraction of sp³-hybridized carbons (Fsp3) is 0.167. The van der Waals surface area contributed by atoms with Gasteiger partial charge in [-0.1, -0.05) is 48.5 Å². The molecule has 1 fully saturated rings.